The van der Waals surface area contributed by atoms with E-state index in [-0.39, 0.29) is 0 Å². The van der Waals surface area contributed by atoms with E-state index in [1.165, 1.54) is 7.11 Å². The van der Waals surface area contributed by atoms with Crippen molar-refractivity contribution in [2.75, 3.05) is 7.11 Å². The van der Waals surface area contributed by atoms with Gasteiger partial charge in [0.15, 0.2) is 12.9 Å². The first-order chi connectivity index (χ1) is 10.4. The number of aryl methyl sites for hydroxylation is 1. The second-order valence-corrected chi connectivity index (χ2v) is 5.52. The number of benzene rings is 1. The lowest BCUT2D eigenvalue weighted by atomic mass is 10.2. The Balaban J connectivity index is 2.40. The maximum Gasteiger partial charge on any atom is 0.326 e. The van der Waals surface area contributed by atoms with Crippen LogP contribution in [0.3, 0.4) is 0 Å². The van der Waals surface area contributed by atoms with Gasteiger partial charge in [-0.2, -0.15) is 5.10 Å². The largest absolute Gasteiger partial charge is 0.326 e. The molecule has 0 radical (unpaired) electrons. The van der Waals surface area contributed by atoms with E-state index < -0.39 is 0 Å². The molecule has 0 N–H and O–H groups in total. The lowest BCUT2D eigenvalue weighted by Crippen LogP contribution is -2.02. The van der Waals surface area contributed by atoms with Crippen LogP contribution in [0.2, 0.25) is 0 Å². The number of allylic oxidation sites excluding steroid dienone is 1. The van der Waals surface area contributed by atoms with E-state index in [4.69, 9.17) is 4.84 Å². The third kappa shape index (κ3) is 3.30. The molecule has 22 heavy (non-hydrogen) atoms. The minimum Gasteiger partial charge on any atom is -0.266 e. The molecule has 2 aromatic rings. The van der Waals surface area contributed by atoms with Gasteiger partial charge in [0.25, 0.3) is 4.92 Å². The van der Waals surface area contributed by atoms with Crippen LogP contribution in [0.4, 0.5) is 11.5 Å². The number of aromatic nitrogens is 2. The summed E-state index contributed by atoms with van der Waals surface area (Å²) in [6, 6.07) is 7.06. The van der Waals surface area contributed by atoms with Gasteiger partial charge in [-0.05, 0) is 34.5 Å². The first-order valence-electron chi connectivity index (χ1n) is 6.48. The molecule has 1 heterocycles. The van der Waals surface area contributed by atoms with Crippen LogP contribution in [-0.2, 0) is 11.9 Å². The van der Waals surface area contributed by atoms with Crippen LogP contribution in [0.1, 0.15) is 18.2 Å². The molecular weight excluding hydrogens is 348 g/mol. The van der Waals surface area contributed by atoms with Crippen LogP contribution < -0.4 is 0 Å². The fourth-order valence-electron chi connectivity index (χ4n) is 1.96. The number of hydrogen-bond donors (Lipinski definition) is 0. The second kappa shape index (κ2) is 6.65. The standard InChI is InChI=1S/C15H16BrN4O2/c1-10(2)14-8-15(18-19(14)3)17-9-11-12(16)6-5-7-13(11)20(21)22-4/h5-9H,1H2,2-4H3/q+1. The average Bonchev–Trinajstić information content (AvgIpc) is 2.86. The minimum absolute atomic E-state index is 0.358. The summed E-state index contributed by atoms with van der Waals surface area (Å²) in [6.45, 7) is 5.80. The van der Waals surface area contributed by atoms with Gasteiger partial charge in [-0.1, -0.05) is 12.6 Å². The summed E-state index contributed by atoms with van der Waals surface area (Å²) in [5, 5.41) is 4.29. The van der Waals surface area contributed by atoms with Gasteiger partial charge >= 0.3 is 5.69 Å². The smallest absolute Gasteiger partial charge is 0.266 e. The fraction of sp³-hybridized carbons (Fsp3) is 0.200. The predicted molar refractivity (Wildman–Crippen MR) is 89.6 cm³/mol. The van der Waals surface area contributed by atoms with Crippen molar-refractivity contribution >= 4 is 39.2 Å². The normalized spacial score (nSPS) is 10.9. The summed E-state index contributed by atoms with van der Waals surface area (Å²) < 4.78 is 2.45. The molecular formula is C15H16BrN4O2+. The van der Waals surface area contributed by atoms with E-state index in [1.807, 2.05) is 26.1 Å². The van der Waals surface area contributed by atoms with E-state index in [1.54, 1.807) is 23.0 Å². The number of hydrogen-bond acceptors (Lipinski definition) is 4. The maximum absolute atomic E-state index is 11.7. The van der Waals surface area contributed by atoms with E-state index in [2.05, 4.69) is 32.6 Å². The molecule has 0 bridgehead atoms. The Bertz CT molecular complexity index is 765. The van der Waals surface area contributed by atoms with Gasteiger partial charge in [-0.15, -0.1) is 0 Å². The van der Waals surface area contributed by atoms with Gasteiger partial charge in [0.05, 0.1) is 16.2 Å². The van der Waals surface area contributed by atoms with Crippen LogP contribution >= 0.6 is 15.9 Å². The van der Waals surface area contributed by atoms with Crippen molar-refractivity contribution in [3.05, 3.63) is 51.5 Å². The van der Waals surface area contributed by atoms with Crippen molar-refractivity contribution < 1.29 is 9.76 Å². The first kappa shape index (κ1) is 16.1. The molecule has 7 heteroatoms. The quantitative estimate of drug-likeness (QED) is 0.597. The molecule has 114 valence electrons. The lowest BCUT2D eigenvalue weighted by molar-refractivity contribution is -0.736. The summed E-state index contributed by atoms with van der Waals surface area (Å²) >= 11 is 3.41. The average molecular weight is 364 g/mol. The van der Waals surface area contributed by atoms with Crippen LogP contribution in [0.25, 0.3) is 5.57 Å². The summed E-state index contributed by atoms with van der Waals surface area (Å²) in [6.07, 6.45) is 1.58. The second-order valence-electron chi connectivity index (χ2n) is 4.66. The maximum atomic E-state index is 11.7. The highest BCUT2D eigenvalue weighted by atomic mass is 79.9. The van der Waals surface area contributed by atoms with Crippen LogP contribution in [0.5, 0.6) is 0 Å². The highest BCUT2D eigenvalue weighted by Gasteiger charge is 2.21. The molecule has 2 rings (SSSR count). The van der Waals surface area contributed by atoms with Crippen molar-refractivity contribution in [2.24, 2.45) is 12.0 Å². The zero-order valence-corrected chi connectivity index (χ0v) is 14.2. The molecule has 0 saturated heterocycles. The highest BCUT2D eigenvalue weighted by Crippen LogP contribution is 2.26. The summed E-state index contributed by atoms with van der Waals surface area (Å²) in [5.41, 5.74) is 2.78. The third-order valence-corrected chi connectivity index (χ3v) is 3.71. The van der Waals surface area contributed by atoms with E-state index in [0.717, 1.165) is 15.7 Å². The van der Waals surface area contributed by atoms with Gasteiger partial charge in [-0.25, -0.2) is 9.83 Å². The van der Waals surface area contributed by atoms with Crippen molar-refractivity contribution in [3.8, 4) is 0 Å². The monoisotopic (exact) mass is 363 g/mol. The lowest BCUT2D eigenvalue weighted by Gasteiger charge is -1.97. The Morgan fingerprint density at radius 1 is 1.55 bits per heavy atom. The molecule has 0 aliphatic heterocycles. The summed E-state index contributed by atoms with van der Waals surface area (Å²) in [5.74, 6) is 0.539. The fourth-order valence-corrected chi connectivity index (χ4v) is 2.41. The zero-order valence-electron chi connectivity index (χ0n) is 12.6. The first-order valence-corrected chi connectivity index (χ1v) is 7.27. The predicted octanol–water partition coefficient (Wildman–Crippen LogP) is 3.94. The molecule has 0 spiro atoms. The Morgan fingerprint density at radius 3 is 2.86 bits per heavy atom. The highest BCUT2D eigenvalue weighted by molar-refractivity contribution is 9.10. The zero-order chi connectivity index (χ0) is 16.3. The van der Waals surface area contributed by atoms with Gasteiger partial charge in [0.2, 0.25) is 0 Å². The van der Waals surface area contributed by atoms with Crippen molar-refractivity contribution in [3.63, 3.8) is 0 Å². The minimum atomic E-state index is 0.358. The van der Waals surface area contributed by atoms with Gasteiger partial charge in [-0.3, -0.25) is 4.68 Å². The van der Waals surface area contributed by atoms with Crippen molar-refractivity contribution in [1.29, 1.82) is 0 Å². The Morgan fingerprint density at radius 2 is 2.27 bits per heavy atom. The van der Waals surface area contributed by atoms with Gasteiger partial charge in [0.1, 0.15) is 0 Å². The van der Waals surface area contributed by atoms with Crippen LogP contribution in [0, 0.1) is 4.91 Å². The van der Waals surface area contributed by atoms with Crippen LogP contribution in [0.15, 0.2) is 40.3 Å². The summed E-state index contributed by atoms with van der Waals surface area (Å²) in [4.78, 5) is 21.2. The molecule has 0 unspecified atom stereocenters. The molecule has 0 amide bonds. The number of halogens is 1. The number of aliphatic imine (C=N–C) groups is 1. The Labute approximate surface area is 136 Å². The number of rotatable bonds is 5. The Hall–Kier alpha value is -2.28. The third-order valence-electron chi connectivity index (χ3n) is 3.02. The van der Waals surface area contributed by atoms with Gasteiger partial charge in [0, 0.05) is 29.9 Å². The SMILES string of the molecule is C=C(C)c1cc(N=Cc2c(Br)cccc2[N+](=O)OC)nn1C. The molecule has 0 fully saturated rings. The van der Waals surface area contributed by atoms with Crippen molar-refractivity contribution in [1.82, 2.24) is 9.78 Å². The molecule has 6 nitrogen and oxygen atoms in total. The molecule has 0 saturated carbocycles. The van der Waals surface area contributed by atoms with Gasteiger partial charge < -0.3 is 0 Å². The molecule has 0 aliphatic carbocycles. The molecule has 1 aromatic heterocycles. The van der Waals surface area contributed by atoms with Crippen molar-refractivity contribution in [2.45, 2.75) is 6.92 Å². The van der Waals surface area contributed by atoms with E-state index >= 15 is 0 Å². The molecule has 1 aromatic carbocycles. The molecule has 0 aliphatic rings. The van der Waals surface area contributed by atoms with E-state index in [9.17, 15) is 4.91 Å². The number of nitrogens with zero attached hydrogens (tertiary/aromatic N) is 4. The molecule has 0 atom stereocenters. The Kier molecular flexibility index (Phi) is 4.87. The topological polar surface area (TPSA) is 59.5 Å². The summed E-state index contributed by atoms with van der Waals surface area (Å²) in [7, 11) is 3.14. The van der Waals surface area contributed by atoms with Crippen LogP contribution in [-0.4, -0.2) is 28.0 Å². The van der Waals surface area contributed by atoms with E-state index in [0.29, 0.717) is 22.0 Å².